The van der Waals surface area contributed by atoms with Gasteiger partial charge in [0, 0.05) is 22.5 Å². The summed E-state index contributed by atoms with van der Waals surface area (Å²) in [4.78, 5) is 38.7. The minimum atomic E-state index is -1.47. The molecular weight excluding hydrogens is 409 g/mol. The molecule has 1 saturated carbocycles. The lowest BCUT2D eigenvalue weighted by molar-refractivity contribution is -0.134. The number of amides is 4. The number of benzene rings is 2. The molecule has 0 aromatic heterocycles. The van der Waals surface area contributed by atoms with Gasteiger partial charge in [0.25, 0.3) is 5.91 Å². The summed E-state index contributed by atoms with van der Waals surface area (Å²) < 4.78 is 13.4. The summed E-state index contributed by atoms with van der Waals surface area (Å²) in [5.41, 5.74) is -0.111. The third-order valence-electron chi connectivity index (χ3n) is 5.91. The fourth-order valence-corrected chi connectivity index (χ4v) is 4.25. The van der Waals surface area contributed by atoms with Crippen LogP contribution >= 0.6 is 11.6 Å². The van der Waals surface area contributed by atoms with Gasteiger partial charge < -0.3 is 10.6 Å². The Kier molecular flexibility index (Phi) is 5.02. The zero-order valence-electron chi connectivity index (χ0n) is 16.4. The fourth-order valence-electron chi connectivity index (χ4n) is 3.90. The zero-order chi connectivity index (χ0) is 21.5. The molecule has 8 heteroatoms. The number of imide groups is 1. The number of halogens is 2. The van der Waals surface area contributed by atoms with Gasteiger partial charge in [0.05, 0.1) is 0 Å². The van der Waals surface area contributed by atoms with Crippen molar-refractivity contribution in [2.45, 2.75) is 30.7 Å². The molecule has 1 unspecified atom stereocenters. The molecule has 1 saturated heterocycles. The summed E-state index contributed by atoms with van der Waals surface area (Å²) in [6.07, 6.45) is 1.95. The van der Waals surface area contributed by atoms with Crippen LogP contribution in [0.15, 0.2) is 48.5 Å². The minimum Gasteiger partial charge on any atom is -0.354 e. The van der Waals surface area contributed by atoms with Crippen LogP contribution in [0.2, 0.25) is 5.02 Å². The Hall–Kier alpha value is -2.93. The maximum absolute atomic E-state index is 13.4. The summed E-state index contributed by atoms with van der Waals surface area (Å²) in [6.45, 7) is 1.53. The van der Waals surface area contributed by atoms with Gasteiger partial charge in [0.1, 0.15) is 17.9 Å². The molecule has 0 bridgehead atoms. The minimum absolute atomic E-state index is 0.0241. The maximum atomic E-state index is 13.4. The van der Waals surface area contributed by atoms with E-state index in [2.05, 4.69) is 10.6 Å². The van der Waals surface area contributed by atoms with Gasteiger partial charge in [-0.1, -0.05) is 48.0 Å². The average Bonchev–Trinajstić information content (AvgIpc) is 3.47. The summed E-state index contributed by atoms with van der Waals surface area (Å²) >= 11 is 6.09. The second-order valence-corrected chi connectivity index (χ2v) is 8.40. The quantitative estimate of drug-likeness (QED) is 0.692. The molecule has 30 heavy (non-hydrogen) atoms. The molecule has 2 aliphatic rings. The standard InChI is InChI=1S/C22H21ClFN3O3/c1-21(16-8-7-15(24)11-17(16)23)19(29)27(20(30)26-21)12-18(28)25-13-22(9-10-22)14-5-3-2-4-6-14/h2-8,11H,9-10,12-13H2,1H3,(H,25,28)(H,26,30). The van der Waals surface area contributed by atoms with Crippen LogP contribution in [0.1, 0.15) is 30.9 Å². The normalized spacial score (nSPS) is 22.0. The van der Waals surface area contributed by atoms with Gasteiger partial charge in [-0.2, -0.15) is 0 Å². The van der Waals surface area contributed by atoms with E-state index in [1.165, 1.54) is 24.6 Å². The first-order chi connectivity index (χ1) is 14.2. The van der Waals surface area contributed by atoms with Gasteiger partial charge >= 0.3 is 6.03 Å². The van der Waals surface area contributed by atoms with Crippen molar-refractivity contribution in [1.29, 1.82) is 0 Å². The smallest absolute Gasteiger partial charge is 0.325 e. The Morgan fingerprint density at radius 3 is 2.53 bits per heavy atom. The third kappa shape index (κ3) is 3.54. The predicted octanol–water partition coefficient (Wildman–Crippen LogP) is 3.09. The van der Waals surface area contributed by atoms with Gasteiger partial charge in [-0.15, -0.1) is 0 Å². The average molecular weight is 430 g/mol. The molecule has 1 aliphatic heterocycles. The first-order valence-corrected chi connectivity index (χ1v) is 10.0. The van der Waals surface area contributed by atoms with Gasteiger partial charge in [-0.3, -0.25) is 14.5 Å². The van der Waals surface area contributed by atoms with E-state index < -0.39 is 35.7 Å². The predicted molar refractivity (Wildman–Crippen MR) is 109 cm³/mol. The van der Waals surface area contributed by atoms with Crippen molar-refractivity contribution in [3.05, 3.63) is 70.5 Å². The van der Waals surface area contributed by atoms with Crippen LogP contribution in [0.3, 0.4) is 0 Å². The molecule has 6 nitrogen and oxygen atoms in total. The summed E-state index contributed by atoms with van der Waals surface area (Å²) in [5.74, 6) is -1.58. The van der Waals surface area contributed by atoms with Crippen LogP contribution in [0.25, 0.3) is 0 Å². The van der Waals surface area contributed by atoms with Crippen LogP contribution in [0.5, 0.6) is 0 Å². The Morgan fingerprint density at radius 1 is 1.20 bits per heavy atom. The molecule has 4 amide bonds. The highest BCUT2D eigenvalue weighted by Gasteiger charge is 2.50. The SMILES string of the molecule is CC1(c2ccc(F)cc2Cl)NC(=O)N(CC(=O)NCC2(c3ccccc3)CC2)C1=O. The summed E-state index contributed by atoms with van der Waals surface area (Å²) in [7, 11) is 0. The molecule has 4 rings (SSSR count). The number of rotatable bonds is 6. The van der Waals surface area contributed by atoms with Crippen molar-refractivity contribution in [1.82, 2.24) is 15.5 Å². The molecule has 1 heterocycles. The lowest BCUT2D eigenvalue weighted by atomic mass is 9.92. The molecule has 0 spiro atoms. The van der Waals surface area contributed by atoms with E-state index in [9.17, 15) is 18.8 Å². The van der Waals surface area contributed by atoms with Gasteiger partial charge in [0.15, 0.2) is 0 Å². The number of nitrogens with zero attached hydrogens (tertiary/aromatic N) is 1. The number of hydrogen-bond acceptors (Lipinski definition) is 3. The summed E-state index contributed by atoms with van der Waals surface area (Å²) in [5, 5.41) is 5.45. The molecule has 2 aromatic rings. The second kappa shape index (κ2) is 7.40. The van der Waals surface area contributed by atoms with E-state index >= 15 is 0 Å². The number of carbonyl (C=O) groups is 3. The number of nitrogens with one attached hydrogen (secondary N) is 2. The van der Waals surface area contributed by atoms with Crippen molar-refractivity contribution in [3.8, 4) is 0 Å². The second-order valence-electron chi connectivity index (χ2n) is 7.99. The number of hydrogen-bond donors (Lipinski definition) is 2. The largest absolute Gasteiger partial charge is 0.354 e. The number of carbonyl (C=O) groups excluding carboxylic acids is 3. The number of urea groups is 1. The highest BCUT2D eigenvalue weighted by atomic mass is 35.5. The highest BCUT2D eigenvalue weighted by molar-refractivity contribution is 6.32. The fraction of sp³-hybridized carbons (Fsp3) is 0.318. The van der Waals surface area contributed by atoms with E-state index in [-0.39, 0.29) is 16.0 Å². The van der Waals surface area contributed by atoms with E-state index in [0.29, 0.717) is 6.54 Å². The Labute approximate surface area is 178 Å². The van der Waals surface area contributed by atoms with Crippen LogP contribution < -0.4 is 10.6 Å². The zero-order valence-corrected chi connectivity index (χ0v) is 17.1. The monoisotopic (exact) mass is 429 g/mol. The van der Waals surface area contributed by atoms with Gasteiger partial charge in [0.2, 0.25) is 5.91 Å². The van der Waals surface area contributed by atoms with Crippen molar-refractivity contribution < 1.29 is 18.8 Å². The molecule has 2 fully saturated rings. The van der Waals surface area contributed by atoms with Gasteiger partial charge in [-0.25, -0.2) is 9.18 Å². The van der Waals surface area contributed by atoms with E-state index in [0.717, 1.165) is 23.8 Å². The van der Waals surface area contributed by atoms with Crippen LogP contribution in [-0.4, -0.2) is 35.8 Å². The molecule has 2 N–H and O–H groups in total. The third-order valence-corrected chi connectivity index (χ3v) is 6.22. The highest BCUT2D eigenvalue weighted by Crippen LogP contribution is 2.47. The first-order valence-electron chi connectivity index (χ1n) is 9.67. The van der Waals surface area contributed by atoms with Crippen molar-refractivity contribution in [2.75, 3.05) is 13.1 Å². The van der Waals surface area contributed by atoms with Gasteiger partial charge in [-0.05, 0) is 37.5 Å². The molecular formula is C22H21ClFN3O3. The van der Waals surface area contributed by atoms with E-state index in [4.69, 9.17) is 11.6 Å². The van der Waals surface area contributed by atoms with Crippen molar-refractivity contribution >= 4 is 29.4 Å². The van der Waals surface area contributed by atoms with E-state index in [1.54, 1.807) is 0 Å². The van der Waals surface area contributed by atoms with E-state index in [1.807, 2.05) is 30.3 Å². The molecule has 156 valence electrons. The Bertz CT molecular complexity index is 1030. The van der Waals surface area contributed by atoms with Crippen molar-refractivity contribution in [3.63, 3.8) is 0 Å². The molecule has 2 aromatic carbocycles. The first kappa shape index (κ1) is 20.3. The lowest BCUT2D eigenvalue weighted by Gasteiger charge is -2.23. The maximum Gasteiger partial charge on any atom is 0.325 e. The Morgan fingerprint density at radius 2 is 1.90 bits per heavy atom. The summed E-state index contributed by atoms with van der Waals surface area (Å²) in [6, 6.07) is 12.9. The van der Waals surface area contributed by atoms with Crippen molar-refractivity contribution in [2.24, 2.45) is 0 Å². The molecule has 1 aliphatic carbocycles. The van der Waals surface area contributed by atoms with Crippen LogP contribution in [0, 0.1) is 5.82 Å². The lowest BCUT2D eigenvalue weighted by Crippen LogP contribution is -2.44. The topological polar surface area (TPSA) is 78.5 Å². The Balaban J connectivity index is 1.43. The van der Waals surface area contributed by atoms with Crippen LogP contribution in [0.4, 0.5) is 9.18 Å². The molecule has 0 radical (unpaired) electrons. The molecule has 1 atom stereocenters. The van der Waals surface area contributed by atoms with Crippen LogP contribution in [-0.2, 0) is 20.5 Å².